The van der Waals surface area contributed by atoms with Gasteiger partial charge in [0.25, 0.3) is 10.2 Å². The van der Waals surface area contributed by atoms with E-state index in [0.29, 0.717) is 0 Å². The van der Waals surface area contributed by atoms with Crippen molar-refractivity contribution in [3.05, 3.63) is 20.2 Å². The first kappa shape index (κ1) is 22.5. The van der Waals surface area contributed by atoms with Crippen molar-refractivity contribution in [2.75, 3.05) is 0 Å². The SMILES string of the molecule is O=[N+]([O-])O.O=[N+]([O-])O.[Ba+2].[Ca+2]. The van der Waals surface area contributed by atoms with Crippen molar-refractivity contribution in [3.63, 3.8) is 0 Å². The van der Waals surface area contributed by atoms with Crippen LogP contribution < -0.4 is 0 Å². The topological polar surface area (TPSA) is 127 Å². The van der Waals surface area contributed by atoms with Crippen LogP contribution in [0.1, 0.15) is 0 Å². The van der Waals surface area contributed by atoms with Gasteiger partial charge in [0.1, 0.15) is 0 Å². The molecule has 0 amide bonds. The molecule has 0 fully saturated rings. The summed E-state index contributed by atoms with van der Waals surface area (Å²) in [4.78, 5) is 16.7. The molecule has 0 aliphatic rings. The molecule has 10 heteroatoms. The van der Waals surface area contributed by atoms with E-state index in [1.165, 1.54) is 0 Å². The summed E-state index contributed by atoms with van der Waals surface area (Å²) in [6, 6.07) is 0. The molecule has 0 saturated heterocycles. The predicted molar refractivity (Wildman–Crippen MR) is 29.1 cm³/mol. The predicted octanol–water partition coefficient (Wildman–Crippen LogP) is -1.46. The number of hydrogen-bond acceptors (Lipinski definition) is 4. The summed E-state index contributed by atoms with van der Waals surface area (Å²) in [7, 11) is 0. The normalized spacial score (nSPS) is 4.80. The fraction of sp³-hybridized carbons (Fsp3) is 0. The molecule has 2 N–H and O–H groups in total. The minimum Gasteiger partial charge on any atom is -0.328 e. The van der Waals surface area contributed by atoms with Gasteiger partial charge in [-0.05, 0) is 0 Å². The third-order valence-corrected chi connectivity index (χ3v) is 0. The average Bonchev–Trinajstić information content (AvgIpc) is 1.25. The first-order valence-corrected chi connectivity index (χ1v) is 1.13. The molecule has 0 aromatic rings. The maximum absolute atomic E-state index is 8.36. The summed E-state index contributed by atoms with van der Waals surface area (Å²) in [5.74, 6) is 0. The minimum absolute atomic E-state index is 0. The molecular weight excluding hydrogens is 301 g/mol. The first-order valence-electron chi connectivity index (χ1n) is 1.13. The number of hydrogen-bond donors (Lipinski definition) is 2. The summed E-state index contributed by atoms with van der Waals surface area (Å²) in [5.41, 5.74) is 0. The molecule has 0 radical (unpaired) electrons. The Morgan fingerprint density at radius 2 is 1.00 bits per heavy atom. The second-order valence-corrected chi connectivity index (χ2v) is 0.476. The van der Waals surface area contributed by atoms with Crippen LogP contribution in [0.4, 0.5) is 0 Å². The van der Waals surface area contributed by atoms with Crippen LogP contribution in [0.5, 0.6) is 0 Å². The van der Waals surface area contributed by atoms with E-state index in [1.807, 2.05) is 0 Å². The molecule has 48 valence electrons. The smallest absolute Gasteiger partial charge is 0.328 e. The molecule has 0 atom stereocenters. The van der Waals surface area contributed by atoms with Crippen molar-refractivity contribution in [3.8, 4) is 0 Å². The second kappa shape index (κ2) is 16.7. The van der Waals surface area contributed by atoms with E-state index in [9.17, 15) is 0 Å². The third-order valence-electron chi connectivity index (χ3n) is 0. The maximum Gasteiger partial charge on any atom is 2.00 e. The van der Waals surface area contributed by atoms with Crippen LogP contribution >= 0.6 is 0 Å². The Bertz CT molecular complexity index is 73.7. The standard InChI is InChI=1S/Ba.Ca.2HNO3/c;;2*2-1(3)4/h;;2*(H,2,3,4)/q2*+2;;. The van der Waals surface area contributed by atoms with E-state index >= 15 is 0 Å². The Morgan fingerprint density at radius 3 is 1.00 bits per heavy atom. The van der Waals surface area contributed by atoms with E-state index < -0.39 is 10.2 Å². The van der Waals surface area contributed by atoms with E-state index in [4.69, 9.17) is 30.6 Å². The molecule has 0 bridgehead atoms. The van der Waals surface area contributed by atoms with Gasteiger partial charge in [0, 0.05) is 0 Å². The van der Waals surface area contributed by atoms with E-state index in [-0.39, 0.29) is 86.6 Å². The van der Waals surface area contributed by atoms with Gasteiger partial charge >= 0.3 is 86.6 Å². The molecule has 0 aliphatic heterocycles. The van der Waals surface area contributed by atoms with Gasteiger partial charge in [-0.25, -0.2) is 0 Å². The van der Waals surface area contributed by atoms with Crippen molar-refractivity contribution >= 4 is 86.6 Å². The molecule has 0 unspecified atom stereocenters. The Kier molecular flexibility index (Phi) is 37.5. The minimum atomic E-state index is -1.50. The summed E-state index contributed by atoms with van der Waals surface area (Å²) in [5, 5.41) is 27.3. The zero-order valence-corrected chi connectivity index (χ0v) is 11.5. The zero-order chi connectivity index (χ0) is 7.15. The van der Waals surface area contributed by atoms with E-state index in [0.717, 1.165) is 0 Å². The quantitative estimate of drug-likeness (QED) is 0.320. The Hall–Kier alpha value is 1.23. The maximum atomic E-state index is 8.36. The molecule has 0 spiro atoms. The number of rotatable bonds is 0. The van der Waals surface area contributed by atoms with Crippen LogP contribution in [0.3, 0.4) is 0 Å². The molecule has 0 rings (SSSR count). The summed E-state index contributed by atoms with van der Waals surface area (Å²) >= 11 is 0. The van der Waals surface area contributed by atoms with Crippen molar-refractivity contribution < 1.29 is 20.6 Å². The van der Waals surface area contributed by atoms with Crippen molar-refractivity contribution in [2.45, 2.75) is 0 Å². The summed E-state index contributed by atoms with van der Waals surface area (Å²) < 4.78 is 0. The van der Waals surface area contributed by atoms with Crippen LogP contribution in [-0.2, 0) is 0 Å². The summed E-state index contributed by atoms with van der Waals surface area (Å²) in [6.45, 7) is 0. The van der Waals surface area contributed by atoms with Crippen molar-refractivity contribution in [1.82, 2.24) is 0 Å². The van der Waals surface area contributed by atoms with Crippen LogP contribution in [-0.4, -0.2) is 107 Å². The fourth-order valence-electron chi connectivity index (χ4n) is 0. The van der Waals surface area contributed by atoms with Gasteiger partial charge in [-0.15, -0.1) is 20.2 Å². The average molecular weight is 303 g/mol. The van der Waals surface area contributed by atoms with Gasteiger partial charge < -0.3 is 10.4 Å². The molecule has 0 aromatic carbocycles. The third kappa shape index (κ3) is 413. The van der Waals surface area contributed by atoms with Crippen LogP contribution in [0.25, 0.3) is 0 Å². The zero-order valence-electron chi connectivity index (χ0n) is 4.84. The van der Waals surface area contributed by atoms with Crippen LogP contribution in [0, 0.1) is 20.2 Å². The fourth-order valence-corrected chi connectivity index (χ4v) is 0. The van der Waals surface area contributed by atoms with Crippen LogP contribution in [0.15, 0.2) is 0 Å². The van der Waals surface area contributed by atoms with Gasteiger partial charge in [0.2, 0.25) is 0 Å². The number of nitrogens with zero attached hydrogens (tertiary/aromatic N) is 2. The van der Waals surface area contributed by atoms with Crippen molar-refractivity contribution in [2.24, 2.45) is 0 Å². The van der Waals surface area contributed by atoms with Gasteiger partial charge in [-0.2, -0.15) is 0 Å². The summed E-state index contributed by atoms with van der Waals surface area (Å²) in [6.07, 6.45) is 0. The molecule has 0 heterocycles. The Balaban J connectivity index is -0.0000000300. The van der Waals surface area contributed by atoms with Gasteiger partial charge in [-0.3, -0.25) is 0 Å². The Morgan fingerprint density at radius 1 is 1.00 bits per heavy atom. The molecule has 0 saturated carbocycles. The molecule has 8 nitrogen and oxygen atoms in total. The monoisotopic (exact) mass is 304 g/mol. The molecule has 0 aliphatic carbocycles. The molecule has 10 heavy (non-hydrogen) atoms. The van der Waals surface area contributed by atoms with Gasteiger partial charge in [-0.1, -0.05) is 0 Å². The second-order valence-electron chi connectivity index (χ2n) is 0.476. The van der Waals surface area contributed by atoms with E-state index in [1.54, 1.807) is 0 Å². The largest absolute Gasteiger partial charge is 2.00 e. The van der Waals surface area contributed by atoms with E-state index in [2.05, 4.69) is 0 Å². The van der Waals surface area contributed by atoms with Gasteiger partial charge in [0.15, 0.2) is 0 Å². The first-order chi connectivity index (χ1) is 3.46. The van der Waals surface area contributed by atoms with Gasteiger partial charge in [0.05, 0.1) is 0 Å². The molecule has 0 aromatic heterocycles. The Labute approximate surface area is 125 Å². The van der Waals surface area contributed by atoms with Crippen LogP contribution in [0.2, 0.25) is 0 Å². The molecular formula is H2BaCaN2O6+4. The van der Waals surface area contributed by atoms with Crippen molar-refractivity contribution in [1.29, 1.82) is 0 Å².